The van der Waals surface area contributed by atoms with Gasteiger partial charge in [0, 0.05) is 37.1 Å². The molecule has 1 saturated heterocycles. The van der Waals surface area contributed by atoms with E-state index in [-0.39, 0.29) is 0 Å². The molecule has 0 N–H and O–H groups in total. The van der Waals surface area contributed by atoms with E-state index in [0.717, 1.165) is 42.6 Å². The number of rotatable bonds is 4. The molecule has 1 atom stereocenters. The SMILES string of the molecule is CC.CC(C)C(c1ccc(-c2csc(N3CCN(C)CC3)n2)cc1)C(F)(F)F. The van der Waals surface area contributed by atoms with Crippen molar-refractivity contribution in [2.75, 3.05) is 38.1 Å². The van der Waals surface area contributed by atoms with Crippen molar-refractivity contribution in [1.82, 2.24) is 9.88 Å². The zero-order chi connectivity index (χ0) is 20.9. The summed E-state index contributed by atoms with van der Waals surface area (Å²) in [5.41, 5.74) is 1.99. The smallest absolute Gasteiger partial charge is 0.346 e. The lowest BCUT2D eigenvalue weighted by molar-refractivity contribution is -0.159. The average molecular weight is 414 g/mol. The highest BCUT2D eigenvalue weighted by Gasteiger charge is 2.42. The van der Waals surface area contributed by atoms with Crippen molar-refractivity contribution >= 4 is 16.5 Å². The largest absolute Gasteiger partial charge is 0.395 e. The minimum atomic E-state index is -4.23. The van der Waals surface area contributed by atoms with Gasteiger partial charge in [0.25, 0.3) is 0 Å². The Morgan fingerprint density at radius 2 is 1.57 bits per heavy atom. The van der Waals surface area contributed by atoms with E-state index in [9.17, 15) is 13.2 Å². The maximum Gasteiger partial charge on any atom is 0.395 e. The molecule has 7 heteroatoms. The van der Waals surface area contributed by atoms with Gasteiger partial charge in [0.2, 0.25) is 0 Å². The van der Waals surface area contributed by atoms with Gasteiger partial charge in [-0.05, 0) is 18.5 Å². The number of thiazole rings is 1. The molecule has 1 aliphatic rings. The van der Waals surface area contributed by atoms with E-state index < -0.39 is 18.0 Å². The molecule has 0 bridgehead atoms. The van der Waals surface area contributed by atoms with Crippen LogP contribution in [0.4, 0.5) is 18.3 Å². The van der Waals surface area contributed by atoms with Gasteiger partial charge in [0.15, 0.2) is 5.13 Å². The zero-order valence-corrected chi connectivity index (χ0v) is 18.1. The third-order valence-electron chi connectivity index (χ3n) is 4.85. The summed E-state index contributed by atoms with van der Waals surface area (Å²) in [6.45, 7) is 11.1. The summed E-state index contributed by atoms with van der Waals surface area (Å²) in [7, 11) is 2.11. The molecular weight excluding hydrogens is 383 g/mol. The van der Waals surface area contributed by atoms with Gasteiger partial charge in [0.1, 0.15) is 0 Å². The van der Waals surface area contributed by atoms with Crippen LogP contribution in [0.2, 0.25) is 0 Å². The van der Waals surface area contributed by atoms with Crippen LogP contribution in [0.1, 0.15) is 39.2 Å². The van der Waals surface area contributed by atoms with Crippen LogP contribution in [0.3, 0.4) is 0 Å². The van der Waals surface area contributed by atoms with Gasteiger partial charge in [-0.2, -0.15) is 13.2 Å². The van der Waals surface area contributed by atoms with E-state index in [2.05, 4.69) is 16.8 Å². The molecule has 1 fully saturated rings. The van der Waals surface area contributed by atoms with Gasteiger partial charge in [-0.25, -0.2) is 4.98 Å². The van der Waals surface area contributed by atoms with E-state index in [4.69, 9.17) is 4.98 Å². The zero-order valence-electron chi connectivity index (χ0n) is 17.3. The maximum atomic E-state index is 13.3. The van der Waals surface area contributed by atoms with Crippen molar-refractivity contribution in [3.8, 4) is 11.3 Å². The molecule has 1 aromatic carbocycles. The van der Waals surface area contributed by atoms with Crippen molar-refractivity contribution < 1.29 is 13.2 Å². The Morgan fingerprint density at radius 3 is 2.07 bits per heavy atom. The molecule has 0 aliphatic carbocycles. The summed E-state index contributed by atoms with van der Waals surface area (Å²) >= 11 is 1.59. The van der Waals surface area contributed by atoms with Gasteiger partial charge in [-0.3, -0.25) is 0 Å². The topological polar surface area (TPSA) is 19.4 Å². The molecule has 3 rings (SSSR count). The minimum Gasteiger partial charge on any atom is -0.346 e. The Kier molecular flexibility index (Phi) is 7.89. The Morgan fingerprint density at radius 1 is 1.00 bits per heavy atom. The Bertz CT molecular complexity index is 717. The summed E-state index contributed by atoms with van der Waals surface area (Å²) < 4.78 is 39.9. The van der Waals surface area contributed by atoms with Crippen LogP contribution < -0.4 is 4.90 Å². The summed E-state index contributed by atoms with van der Waals surface area (Å²) in [6.07, 6.45) is -4.23. The number of nitrogens with zero attached hydrogens (tertiary/aromatic N) is 3. The minimum absolute atomic E-state index is 0.311. The highest BCUT2D eigenvalue weighted by atomic mass is 32.1. The summed E-state index contributed by atoms with van der Waals surface area (Å²) in [4.78, 5) is 9.24. The highest BCUT2D eigenvalue weighted by Crippen LogP contribution is 2.40. The highest BCUT2D eigenvalue weighted by molar-refractivity contribution is 7.14. The lowest BCUT2D eigenvalue weighted by Crippen LogP contribution is -2.44. The fraction of sp³-hybridized carbons (Fsp3) is 0.571. The van der Waals surface area contributed by atoms with Crippen molar-refractivity contribution in [2.24, 2.45) is 5.92 Å². The molecule has 156 valence electrons. The van der Waals surface area contributed by atoms with E-state index in [1.165, 1.54) is 0 Å². The van der Waals surface area contributed by atoms with Crippen molar-refractivity contribution in [2.45, 2.75) is 39.8 Å². The predicted octanol–water partition coefficient (Wildman–Crippen LogP) is 5.89. The van der Waals surface area contributed by atoms with Crippen LogP contribution >= 0.6 is 11.3 Å². The first-order chi connectivity index (χ1) is 13.3. The first kappa shape index (κ1) is 22.7. The number of piperazine rings is 1. The molecule has 1 aliphatic heterocycles. The molecular formula is C21H30F3N3S. The van der Waals surface area contributed by atoms with Gasteiger partial charge in [-0.1, -0.05) is 52.0 Å². The van der Waals surface area contributed by atoms with Crippen molar-refractivity contribution in [1.29, 1.82) is 0 Å². The van der Waals surface area contributed by atoms with E-state index in [0.29, 0.717) is 5.56 Å². The summed E-state index contributed by atoms with van der Waals surface area (Å²) in [6, 6.07) is 6.67. The summed E-state index contributed by atoms with van der Waals surface area (Å²) in [5, 5.41) is 2.96. The second-order valence-electron chi connectivity index (χ2n) is 7.19. The molecule has 0 spiro atoms. The number of aromatic nitrogens is 1. The molecule has 28 heavy (non-hydrogen) atoms. The van der Waals surface area contributed by atoms with Crippen LogP contribution in [0.25, 0.3) is 11.3 Å². The molecule has 0 amide bonds. The van der Waals surface area contributed by atoms with Gasteiger partial charge >= 0.3 is 6.18 Å². The number of hydrogen-bond donors (Lipinski definition) is 0. The number of halogens is 3. The monoisotopic (exact) mass is 413 g/mol. The van der Waals surface area contributed by atoms with E-state index in [1.807, 2.05) is 19.2 Å². The van der Waals surface area contributed by atoms with Crippen LogP contribution in [0.15, 0.2) is 29.6 Å². The lowest BCUT2D eigenvalue weighted by atomic mass is 9.87. The third-order valence-corrected chi connectivity index (χ3v) is 5.75. The molecule has 0 saturated carbocycles. The second kappa shape index (κ2) is 9.74. The van der Waals surface area contributed by atoms with Crippen LogP contribution in [0.5, 0.6) is 0 Å². The first-order valence-electron chi connectivity index (χ1n) is 9.82. The Hall–Kier alpha value is -1.60. The standard InChI is InChI=1S/C19H24F3N3S.C2H6/c1-13(2)17(19(20,21)22)15-6-4-14(5-7-15)16-12-26-18(23-16)25-10-8-24(3)9-11-25;1-2/h4-7,12-13,17H,8-11H2,1-3H3;1-2H3. The van der Waals surface area contributed by atoms with E-state index in [1.54, 1.807) is 49.4 Å². The lowest BCUT2D eigenvalue weighted by Gasteiger charge is -2.32. The Labute approximate surface area is 170 Å². The van der Waals surface area contributed by atoms with Gasteiger partial charge in [-0.15, -0.1) is 11.3 Å². The second-order valence-corrected chi connectivity index (χ2v) is 8.03. The first-order valence-corrected chi connectivity index (χ1v) is 10.7. The predicted molar refractivity (Wildman–Crippen MR) is 112 cm³/mol. The van der Waals surface area contributed by atoms with Gasteiger partial charge in [0.05, 0.1) is 11.6 Å². The molecule has 1 unspecified atom stereocenters. The number of anilines is 1. The van der Waals surface area contributed by atoms with Crippen LogP contribution in [-0.4, -0.2) is 49.3 Å². The fourth-order valence-corrected chi connectivity index (χ4v) is 4.24. The Balaban J connectivity index is 0.00000136. The van der Waals surface area contributed by atoms with Crippen molar-refractivity contribution in [3.05, 3.63) is 35.2 Å². The van der Waals surface area contributed by atoms with Gasteiger partial charge < -0.3 is 9.80 Å². The average Bonchev–Trinajstić information content (AvgIpc) is 3.13. The van der Waals surface area contributed by atoms with Crippen LogP contribution in [0, 0.1) is 5.92 Å². The maximum absolute atomic E-state index is 13.3. The number of hydrogen-bond acceptors (Lipinski definition) is 4. The summed E-state index contributed by atoms with van der Waals surface area (Å²) in [5.74, 6) is -1.93. The quantitative estimate of drug-likeness (QED) is 0.623. The molecule has 2 heterocycles. The fourth-order valence-electron chi connectivity index (χ4n) is 3.35. The number of likely N-dealkylation sites (N-methyl/N-ethyl adjacent to an activating group) is 1. The van der Waals surface area contributed by atoms with Crippen LogP contribution in [-0.2, 0) is 0 Å². The molecule has 0 radical (unpaired) electrons. The molecule has 1 aromatic heterocycles. The molecule has 2 aromatic rings. The molecule has 3 nitrogen and oxygen atoms in total. The third kappa shape index (κ3) is 5.47. The number of alkyl halides is 3. The van der Waals surface area contributed by atoms with Crippen molar-refractivity contribution in [3.63, 3.8) is 0 Å². The number of benzene rings is 1. The van der Waals surface area contributed by atoms with E-state index >= 15 is 0 Å². The normalized spacial score (nSPS) is 16.7.